The third-order valence-electron chi connectivity index (χ3n) is 3.91. The van der Waals surface area contributed by atoms with Crippen molar-refractivity contribution in [2.45, 2.75) is 45.1 Å². The van der Waals surface area contributed by atoms with Crippen LogP contribution in [0.25, 0.3) is 10.9 Å². The molecule has 2 aromatic rings. The molecule has 0 spiro atoms. The quantitative estimate of drug-likeness (QED) is 0.929. The maximum atomic E-state index is 12.4. The Kier molecular flexibility index (Phi) is 3.34. The van der Waals surface area contributed by atoms with Gasteiger partial charge in [0.05, 0.1) is 11.6 Å². The minimum Gasteiger partial charge on any atom is -0.396 e. The van der Waals surface area contributed by atoms with Crippen LogP contribution in [0.4, 0.5) is 0 Å². The molecule has 106 valence electrons. The molecule has 1 saturated carbocycles. The van der Waals surface area contributed by atoms with E-state index in [0.29, 0.717) is 24.1 Å². The predicted octanol–water partition coefficient (Wildman–Crippen LogP) is 2.39. The van der Waals surface area contributed by atoms with Crippen LogP contribution in [-0.4, -0.2) is 21.5 Å². The minimum atomic E-state index is -0.0405. The van der Waals surface area contributed by atoms with Crippen molar-refractivity contribution in [2.75, 3.05) is 6.61 Å². The van der Waals surface area contributed by atoms with E-state index in [0.717, 1.165) is 23.7 Å². The summed E-state index contributed by atoms with van der Waals surface area (Å²) < 4.78 is 1.99. The number of aromatic nitrogens is 2. The Morgan fingerprint density at radius 1 is 1.40 bits per heavy atom. The molecule has 1 aromatic carbocycles. The summed E-state index contributed by atoms with van der Waals surface area (Å²) in [6.45, 7) is 4.26. The molecule has 0 saturated heterocycles. The van der Waals surface area contributed by atoms with Gasteiger partial charge in [0.1, 0.15) is 5.69 Å². The fourth-order valence-corrected chi connectivity index (χ4v) is 2.54. The summed E-state index contributed by atoms with van der Waals surface area (Å²) in [7, 11) is 0. The number of nitrogens with zero attached hydrogens (tertiary/aromatic N) is 2. The van der Waals surface area contributed by atoms with Gasteiger partial charge in [0, 0.05) is 18.4 Å². The van der Waals surface area contributed by atoms with Crippen molar-refractivity contribution in [3.63, 3.8) is 0 Å². The number of hydrogen-bond acceptors (Lipinski definition) is 3. The second kappa shape index (κ2) is 5.02. The standard InChI is InChI=1S/C16H20N2O2/c1-10(2)11-3-6-13-15(9-11)18(12-4-5-12)17-14(7-8-19)16(13)20/h3,6,9-10,12,19H,4-5,7-8H2,1-2H3. The fourth-order valence-electron chi connectivity index (χ4n) is 2.54. The lowest BCUT2D eigenvalue weighted by atomic mass is 10.0. The Bertz CT molecular complexity index is 699. The third kappa shape index (κ3) is 2.24. The molecule has 1 fully saturated rings. The Balaban J connectivity index is 2.27. The highest BCUT2D eigenvalue weighted by Gasteiger charge is 2.27. The smallest absolute Gasteiger partial charge is 0.211 e. The summed E-state index contributed by atoms with van der Waals surface area (Å²) in [6.07, 6.45) is 2.57. The second-order valence-electron chi connectivity index (χ2n) is 5.86. The Morgan fingerprint density at radius 3 is 2.75 bits per heavy atom. The van der Waals surface area contributed by atoms with Crippen LogP contribution in [0.2, 0.25) is 0 Å². The molecule has 20 heavy (non-hydrogen) atoms. The van der Waals surface area contributed by atoms with E-state index in [4.69, 9.17) is 5.11 Å². The maximum Gasteiger partial charge on any atom is 0.211 e. The molecule has 3 rings (SSSR count). The second-order valence-corrected chi connectivity index (χ2v) is 5.86. The first-order chi connectivity index (χ1) is 9.61. The van der Waals surface area contributed by atoms with Crippen LogP contribution in [0.1, 0.15) is 49.9 Å². The van der Waals surface area contributed by atoms with Gasteiger partial charge in [-0.2, -0.15) is 5.10 Å². The van der Waals surface area contributed by atoms with Crippen molar-refractivity contribution in [2.24, 2.45) is 0 Å². The molecule has 0 bridgehead atoms. The SMILES string of the molecule is CC(C)c1ccc2c(=O)c(CCO)nn(C3CC3)c2c1. The van der Waals surface area contributed by atoms with Gasteiger partial charge in [0.2, 0.25) is 5.43 Å². The Labute approximate surface area is 118 Å². The monoisotopic (exact) mass is 272 g/mol. The predicted molar refractivity (Wildman–Crippen MR) is 79.2 cm³/mol. The van der Waals surface area contributed by atoms with E-state index in [1.807, 2.05) is 16.8 Å². The number of aliphatic hydroxyl groups excluding tert-OH is 1. The van der Waals surface area contributed by atoms with Gasteiger partial charge in [0.15, 0.2) is 0 Å². The van der Waals surface area contributed by atoms with Gasteiger partial charge >= 0.3 is 0 Å². The van der Waals surface area contributed by atoms with Crippen molar-refractivity contribution in [3.05, 3.63) is 39.7 Å². The molecule has 1 aromatic heterocycles. The molecule has 1 N–H and O–H groups in total. The number of rotatable bonds is 4. The lowest BCUT2D eigenvalue weighted by molar-refractivity contribution is 0.296. The van der Waals surface area contributed by atoms with Crippen LogP contribution in [0.15, 0.2) is 23.0 Å². The van der Waals surface area contributed by atoms with Crippen molar-refractivity contribution < 1.29 is 5.11 Å². The third-order valence-corrected chi connectivity index (χ3v) is 3.91. The van der Waals surface area contributed by atoms with Gasteiger partial charge in [-0.05, 0) is 36.5 Å². The number of aliphatic hydroxyl groups is 1. The van der Waals surface area contributed by atoms with Crippen LogP contribution in [0, 0.1) is 0 Å². The van der Waals surface area contributed by atoms with Crippen LogP contribution < -0.4 is 5.43 Å². The fraction of sp³-hybridized carbons (Fsp3) is 0.500. The Hall–Kier alpha value is -1.68. The topological polar surface area (TPSA) is 55.1 Å². The lowest BCUT2D eigenvalue weighted by Gasteiger charge is -2.13. The van der Waals surface area contributed by atoms with Crippen LogP contribution in [0.5, 0.6) is 0 Å². The summed E-state index contributed by atoms with van der Waals surface area (Å²) >= 11 is 0. The van der Waals surface area contributed by atoms with E-state index in [1.165, 1.54) is 5.56 Å². The van der Waals surface area contributed by atoms with Crippen molar-refractivity contribution >= 4 is 10.9 Å². The van der Waals surface area contributed by atoms with Crippen molar-refractivity contribution in [3.8, 4) is 0 Å². The first kappa shape index (κ1) is 13.3. The molecule has 0 unspecified atom stereocenters. The molecule has 1 aliphatic rings. The normalized spacial score (nSPS) is 15.2. The highest BCUT2D eigenvalue weighted by molar-refractivity contribution is 5.80. The van der Waals surface area contributed by atoms with Crippen LogP contribution in [0.3, 0.4) is 0 Å². The van der Waals surface area contributed by atoms with Gasteiger partial charge < -0.3 is 5.11 Å². The van der Waals surface area contributed by atoms with Gasteiger partial charge in [-0.3, -0.25) is 9.48 Å². The average molecular weight is 272 g/mol. The van der Waals surface area contributed by atoms with Gasteiger partial charge in [-0.25, -0.2) is 0 Å². The molecule has 1 heterocycles. The lowest BCUT2D eigenvalue weighted by Crippen LogP contribution is -2.20. The highest BCUT2D eigenvalue weighted by Crippen LogP contribution is 2.36. The summed E-state index contributed by atoms with van der Waals surface area (Å²) in [5, 5.41) is 14.3. The number of hydrogen-bond donors (Lipinski definition) is 1. The summed E-state index contributed by atoms with van der Waals surface area (Å²) in [5.41, 5.74) is 2.60. The maximum absolute atomic E-state index is 12.4. The number of benzene rings is 1. The molecule has 1 aliphatic carbocycles. The van der Waals surface area contributed by atoms with E-state index in [1.54, 1.807) is 0 Å². The Morgan fingerprint density at radius 2 is 2.15 bits per heavy atom. The van der Waals surface area contributed by atoms with Gasteiger partial charge in [0.25, 0.3) is 0 Å². The summed E-state index contributed by atoms with van der Waals surface area (Å²) in [5.74, 6) is 0.430. The van der Waals surface area contributed by atoms with E-state index >= 15 is 0 Å². The zero-order chi connectivity index (χ0) is 14.3. The molecule has 0 radical (unpaired) electrons. The first-order valence-electron chi connectivity index (χ1n) is 7.28. The van der Waals surface area contributed by atoms with E-state index in [9.17, 15) is 4.79 Å². The van der Waals surface area contributed by atoms with Crippen molar-refractivity contribution in [1.29, 1.82) is 0 Å². The summed E-state index contributed by atoms with van der Waals surface area (Å²) in [6, 6.07) is 6.44. The van der Waals surface area contributed by atoms with E-state index in [2.05, 4.69) is 25.0 Å². The molecule has 0 amide bonds. The molecule has 0 atom stereocenters. The zero-order valence-electron chi connectivity index (χ0n) is 12.0. The summed E-state index contributed by atoms with van der Waals surface area (Å²) in [4.78, 5) is 12.4. The van der Waals surface area contributed by atoms with Gasteiger partial charge in [-0.1, -0.05) is 19.9 Å². The largest absolute Gasteiger partial charge is 0.396 e. The average Bonchev–Trinajstić information content (AvgIpc) is 3.26. The van der Waals surface area contributed by atoms with E-state index < -0.39 is 0 Å². The van der Waals surface area contributed by atoms with Crippen molar-refractivity contribution in [1.82, 2.24) is 9.78 Å². The van der Waals surface area contributed by atoms with E-state index in [-0.39, 0.29) is 12.0 Å². The molecular weight excluding hydrogens is 252 g/mol. The zero-order valence-corrected chi connectivity index (χ0v) is 12.0. The highest BCUT2D eigenvalue weighted by atomic mass is 16.3. The van der Waals surface area contributed by atoms with Crippen LogP contribution in [-0.2, 0) is 6.42 Å². The molecule has 4 heteroatoms. The molecule has 4 nitrogen and oxygen atoms in total. The number of fused-ring (bicyclic) bond motifs is 1. The molecular formula is C16H20N2O2. The van der Waals surface area contributed by atoms with Gasteiger partial charge in [-0.15, -0.1) is 0 Å². The first-order valence-corrected chi connectivity index (χ1v) is 7.28. The van der Waals surface area contributed by atoms with Crippen LogP contribution >= 0.6 is 0 Å². The molecule has 0 aliphatic heterocycles. The minimum absolute atomic E-state index is 0.0392.